The van der Waals surface area contributed by atoms with Gasteiger partial charge in [0.1, 0.15) is 6.10 Å². The quantitative estimate of drug-likeness (QED) is 0.521. The van der Waals surface area contributed by atoms with Gasteiger partial charge in [0.05, 0.1) is 0 Å². The topological polar surface area (TPSA) is 52.3 Å². The molecule has 1 aliphatic carbocycles. The fourth-order valence-electron chi connectivity index (χ4n) is 1.09. The Kier molecular flexibility index (Phi) is 2.19. The highest BCUT2D eigenvalue weighted by Crippen LogP contribution is 2.15. The van der Waals surface area contributed by atoms with Crippen molar-refractivity contribution < 1.29 is 9.63 Å². The minimum Gasteiger partial charge on any atom is -0.297 e. The van der Waals surface area contributed by atoms with Crippen LogP contribution >= 0.6 is 0 Å². The van der Waals surface area contributed by atoms with E-state index in [-0.39, 0.29) is 11.9 Å². The van der Waals surface area contributed by atoms with Crippen LogP contribution in [-0.4, -0.2) is 11.9 Å². The monoisotopic (exact) mass is 129 g/mol. The molecule has 1 aliphatic rings. The molecular formula is C6H11NO2. The molecule has 3 nitrogen and oxygen atoms in total. The Morgan fingerprint density at radius 2 is 2.33 bits per heavy atom. The minimum absolute atomic E-state index is 0.156. The van der Waals surface area contributed by atoms with Crippen LogP contribution in [0.15, 0.2) is 0 Å². The van der Waals surface area contributed by atoms with Crippen LogP contribution in [0.1, 0.15) is 25.7 Å². The Morgan fingerprint density at radius 1 is 1.56 bits per heavy atom. The maximum absolute atomic E-state index is 10.8. The molecule has 9 heavy (non-hydrogen) atoms. The molecule has 0 aliphatic heterocycles. The molecule has 0 unspecified atom stereocenters. The lowest BCUT2D eigenvalue weighted by molar-refractivity contribution is -0.133. The van der Waals surface area contributed by atoms with Crippen molar-refractivity contribution in [1.29, 1.82) is 0 Å². The van der Waals surface area contributed by atoms with E-state index >= 15 is 0 Å². The Morgan fingerprint density at radius 3 is 2.78 bits per heavy atom. The van der Waals surface area contributed by atoms with E-state index in [4.69, 9.17) is 5.90 Å². The Hall–Kier alpha value is -0.410. The average molecular weight is 129 g/mol. The first-order chi connectivity index (χ1) is 4.34. The molecule has 0 aromatic heterocycles. The van der Waals surface area contributed by atoms with Gasteiger partial charge in [-0.15, -0.1) is 0 Å². The van der Waals surface area contributed by atoms with Crippen molar-refractivity contribution in [3.05, 3.63) is 0 Å². The van der Waals surface area contributed by atoms with Crippen LogP contribution in [0.5, 0.6) is 0 Å². The Bertz CT molecular complexity index is 114. The lowest BCUT2D eigenvalue weighted by Crippen LogP contribution is -2.29. The summed E-state index contributed by atoms with van der Waals surface area (Å²) in [7, 11) is 0. The van der Waals surface area contributed by atoms with Gasteiger partial charge in [0.25, 0.3) is 0 Å². The van der Waals surface area contributed by atoms with E-state index in [1.807, 2.05) is 0 Å². The normalized spacial score (nSPS) is 28.6. The summed E-state index contributed by atoms with van der Waals surface area (Å²) in [5.74, 6) is 5.03. The first-order valence-electron chi connectivity index (χ1n) is 3.23. The summed E-state index contributed by atoms with van der Waals surface area (Å²) in [6.45, 7) is 0. The van der Waals surface area contributed by atoms with Crippen LogP contribution in [0, 0.1) is 0 Å². The highest BCUT2D eigenvalue weighted by atomic mass is 16.6. The maximum atomic E-state index is 10.8. The first-order valence-corrected chi connectivity index (χ1v) is 3.23. The molecule has 2 N–H and O–H groups in total. The minimum atomic E-state index is -0.307. The van der Waals surface area contributed by atoms with E-state index in [1.54, 1.807) is 0 Å². The zero-order valence-electron chi connectivity index (χ0n) is 5.30. The third kappa shape index (κ3) is 1.50. The van der Waals surface area contributed by atoms with E-state index in [0.717, 1.165) is 19.3 Å². The summed E-state index contributed by atoms with van der Waals surface area (Å²) in [5, 5.41) is 0. The molecule has 52 valence electrons. The Labute approximate surface area is 54.1 Å². The smallest absolute Gasteiger partial charge is 0.163 e. The van der Waals surface area contributed by atoms with Crippen LogP contribution in [0.3, 0.4) is 0 Å². The highest BCUT2D eigenvalue weighted by Gasteiger charge is 2.21. The van der Waals surface area contributed by atoms with Crippen LogP contribution in [0.25, 0.3) is 0 Å². The van der Waals surface area contributed by atoms with Gasteiger partial charge in [-0.05, 0) is 19.3 Å². The fraction of sp³-hybridized carbons (Fsp3) is 0.833. The number of ketones is 1. The van der Waals surface area contributed by atoms with Crippen LogP contribution < -0.4 is 5.90 Å². The predicted octanol–water partition coefficient (Wildman–Crippen LogP) is 0.388. The third-order valence-corrected chi connectivity index (χ3v) is 1.66. The summed E-state index contributed by atoms with van der Waals surface area (Å²) < 4.78 is 0. The number of Topliss-reactive ketones (excluding diaryl/α,β-unsaturated/α-hetero) is 1. The third-order valence-electron chi connectivity index (χ3n) is 1.66. The van der Waals surface area contributed by atoms with Gasteiger partial charge in [0.2, 0.25) is 0 Å². The second-order valence-electron chi connectivity index (χ2n) is 2.34. The molecule has 0 radical (unpaired) electrons. The number of hydrogen-bond donors (Lipinski definition) is 1. The maximum Gasteiger partial charge on any atom is 0.163 e. The lowest BCUT2D eigenvalue weighted by Gasteiger charge is -2.17. The molecule has 0 aromatic carbocycles. The van der Waals surface area contributed by atoms with E-state index in [9.17, 15) is 4.79 Å². The molecule has 1 fully saturated rings. The second-order valence-corrected chi connectivity index (χ2v) is 2.34. The molecule has 0 aromatic rings. The summed E-state index contributed by atoms with van der Waals surface area (Å²) in [5.41, 5.74) is 0. The number of carbonyl (C=O) groups is 1. The van der Waals surface area contributed by atoms with Gasteiger partial charge in [-0.3, -0.25) is 9.63 Å². The molecular weight excluding hydrogens is 118 g/mol. The van der Waals surface area contributed by atoms with Crippen molar-refractivity contribution in [2.45, 2.75) is 31.8 Å². The van der Waals surface area contributed by atoms with Gasteiger partial charge in [-0.2, -0.15) is 0 Å². The molecule has 0 spiro atoms. The van der Waals surface area contributed by atoms with Gasteiger partial charge in [0, 0.05) is 6.42 Å². The van der Waals surface area contributed by atoms with E-state index < -0.39 is 0 Å². The molecule has 1 rings (SSSR count). The van der Waals surface area contributed by atoms with E-state index in [2.05, 4.69) is 4.84 Å². The molecule has 0 saturated heterocycles. The molecule has 1 atom stereocenters. The van der Waals surface area contributed by atoms with Crippen molar-refractivity contribution in [2.75, 3.05) is 0 Å². The van der Waals surface area contributed by atoms with Crippen molar-refractivity contribution >= 4 is 5.78 Å². The highest BCUT2D eigenvalue weighted by molar-refractivity contribution is 5.83. The first kappa shape index (κ1) is 6.71. The van der Waals surface area contributed by atoms with Gasteiger partial charge >= 0.3 is 0 Å². The molecule has 3 heteroatoms. The van der Waals surface area contributed by atoms with Crippen molar-refractivity contribution in [3.8, 4) is 0 Å². The zero-order valence-corrected chi connectivity index (χ0v) is 5.30. The van der Waals surface area contributed by atoms with Gasteiger partial charge in [0.15, 0.2) is 5.78 Å². The molecule has 0 heterocycles. The zero-order chi connectivity index (χ0) is 6.69. The second kappa shape index (κ2) is 2.94. The molecule has 0 bridgehead atoms. The van der Waals surface area contributed by atoms with E-state index in [0.29, 0.717) is 6.42 Å². The van der Waals surface area contributed by atoms with Crippen LogP contribution in [0.4, 0.5) is 0 Å². The van der Waals surface area contributed by atoms with Crippen molar-refractivity contribution in [1.82, 2.24) is 0 Å². The summed E-state index contributed by atoms with van der Waals surface area (Å²) in [4.78, 5) is 15.3. The van der Waals surface area contributed by atoms with Crippen molar-refractivity contribution in [3.63, 3.8) is 0 Å². The van der Waals surface area contributed by atoms with Gasteiger partial charge in [-0.25, -0.2) is 5.90 Å². The van der Waals surface area contributed by atoms with Gasteiger partial charge in [-0.1, -0.05) is 0 Å². The fourth-order valence-corrected chi connectivity index (χ4v) is 1.09. The SMILES string of the molecule is NO[C@@H]1CCCCC1=O. The number of nitrogens with two attached hydrogens (primary N) is 1. The summed E-state index contributed by atoms with van der Waals surface area (Å²) in [6.07, 6.45) is 3.20. The number of rotatable bonds is 1. The average Bonchev–Trinajstić information content (AvgIpc) is 1.89. The molecule has 0 amide bonds. The summed E-state index contributed by atoms with van der Waals surface area (Å²) in [6, 6.07) is 0. The lowest BCUT2D eigenvalue weighted by atomic mass is 9.97. The number of carbonyl (C=O) groups excluding carboxylic acids is 1. The summed E-state index contributed by atoms with van der Waals surface area (Å²) >= 11 is 0. The standard InChI is InChI=1S/C6H11NO2/c7-9-6-4-2-1-3-5(6)8/h6H,1-4,7H2/t6-/m1/s1. The van der Waals surface area contributed by atoms with E-state index in [1.165, 1.54) is 0 Å². The van der Waals surface area contributed by atoms with Gasteiger partial charge < -0.3 is 0 Å². The van der Waals surface area contributed by atoms with Crippen LogP contribution in [-0.2, 0) is 9.63 Å². The number of hydrogen-bond acceptors (Lipinski definition) is 3. The van der Waals surface area contributed by atoms with Crippen molar-refractivity contribution in [2.24, 2.45) is 5.90 Å². The Balaban J connectivity index is 2.39. The predicted molar refractivity (Wildman–Crippen MR) is 32.5 cm³/mol. The van der Waals surface area contributed by atoms with Crippen LogP contribution in [0.2, 0.25) is 0 Å². The molecule has 1 saturated carbocycles. The largest absolute Gasteiger partial charge is 0.297 e.